The van der Waals surface area contributed by atoms with E-state index >= 15 is 0 Å². The molecule has 0 aromatic rings. The van der Waals surface area contributed by atoms with Crippen LogP contribution in [0, 0.1) is 0 Å². The van der Waals surface area contributed by atoms with E-state index in [4.69, 9.17) is 32.5 Å². The van der Waals surface area contributed by atoms with E-state index in [0.717, 1.165) is 38.5 Å². The quantitative estimate of drug-likeness (QED) is 0.446. The fourth-order valence-electron chi connectivity index (χ4n) is 3.71. The summed E-state index contributed by atoms with van der Waals surface area (Å²) in [5.41, 5.74) is 16.5. The van der Waals surface area contributed by atoms with Crippen molar-refractivity contribution >= 4 is 0 Å². The van der Waals surface area contributed by atoms with Gasteiger partial charge in [-0.15, -0.1) is 0 Å². The third kappa shape index (κ3) is 7.33. The first kappa shape index (κ1) is 21.8. The smallest absolute Gasteiger partial charge is 0.0611 e. The number of aliphatic hydroxyl groups excluding tert-OH is 3. The molecule has 0 amide bonds. The minimum Gasteiger partial charge on any atom is -0.394 e. The van der Waals surface area contributed by atoms with E-state index in [1.54, 1.807) is 0 Å². The molecule has 0 bridgehead atoms. The molecule has 0 spiro atoms. The molecule has 144 valence electrons. The van der Waals surface area contributed by atoms with Crippen LogP contribution in [0.5, 0.6) is 0 Å². The Kier molecular flexibility index (Phi) is 9.12. The van der Waals surface area contributed by atoms with Crippen molar-refractivity contribution in [3.8, 4) is 0 Å². The van der Waals surface area contributed by atoms with Gasteiger partial charge in [0, 0.05) is 16.6 Å². The zero-order valence-electron chi connectivity index (χ0n) is 15.2. The van der Waals surface area contributed by atoms with Crippen LogP contribution in [-0.2, 0) is 0 Å². The third-order valence-electron chi connectivity index (χ3n) is 5.74. The highest BCUT2D eigenvalue weighted by molar-refractivity contribution is 4.89. The number of aliphatic hydroxyl groups is 3. The fraction of sp³-hybridized carbons (Fsp3) is 1.00. The Morgan fingerprint density at radius 2 is 0.625 bits per heavy atom. The molecular weight excluding hydrogens is 306 g/mol. The maximum absolute atomic E-state index is 8.70. The van der Waals surface area contributed by atoms with E-state index < -0.39 is 0 Å². The maximum atomic E-state index is 8.70. The van der Waals surface area contributed by atoms with Crippen molar-refractivity contribution in [1.29, 1.82) is 0 Å². The van der Waals surface area contributed by atoms with Crippen LogP contribution in [0.2, 0.25) is 0 Å². The summed E-state index contributed by atoms with van der Waals surface area (Å²) < 4.78 is 0. The van der Waals surface area contributed by atoms with E-state index in [9.17, 15) is 0 Å². The van der Waals surface area contributed by atoms with Crippen molar-refractivity contribution in [3.05, 3.63) is 0 Å². The van der Waals surface area contributed by atoms with Gasteiger partial charge in [-0.05, 0) is 38.5 Å². The van der Waals surface area contributed by atoms with Crippen molar-refractivity contribution in [3.63, 3.8) is 0 Å². The van der Waals surface area contributed by atoms with Crippen LogP contribution in [0.1, 0.15) is 77.0 Å². The van der Waals surface area contributed by atoms with Gasteiger partial charge in [-0.1, -0.05) is 38.5 Å². The minimum atomic E-state index is -0.208. The molecule has 9 N–H and O–H groups in total. The van der Waals surface area contributed by atoms with Crippen LogP contribution >= 0.6 is 0 Å². The Morgan fingerprint density at radius 1 is 0.458 bits per heavy atom. The first-order valence-electron chi connectivity index (χ1n) is 9.50. The van der Waals surface area contributed by atoms with E-state index in [2.05, 4.69) is 0 Å². The molecule has 0 aromatic heterocycles. The van der Waals surface area contributed by atoms with E-state index in [-0.39, 0.29) is 36.4 Å². The van der Waals surface area contributed by atoms with Crippen molar-refractivity contribution in [2.45, 2.75) is 93.7 Å². The second-order valence-corrected chi connectivity index (χ2v) is 8.18. The Balaban J connectivity index is 0.000000180. The summed E-state index contributed by atoms with van der Waals surface area (Å²) in [5, 5.41) is 26.1. The molecule has 0 aromatic carbocycles. The van der Waals surface area contributed by atoms with Crippen LogP contribution in [0.25, 0.3) is 0 Å². The van der Waals surface area contributed by atoms with Gasteiger partial charge < -0.3 is 32.5 Å². The predicted molar refractivity (Wildman–Crippen MR) is 97.4 cm³/mol. The van der Waals surface area contributed by atoms with Gasteiger partial charge >= 0.3 is 0 Å². The van der Waals surface area contributed by atoms with Gasteiger partial charge in [0.1, 0.15) is 0 Å². The van der Waals surface area contributed by atoms with E-state index in [1.807, 2.05) is 0 Å². The minimum absolute atomic E-state index is 0.160. The average molecular weight is 346 g/mol. The van der Waals surface area contributed by atoms with Crippen molar-refractivity contribution in [1.82, 2.24) is 0 Å². The molecule has 0 aliphatic heterocycles. The topological polar surface area (TPSA) is 139 Å². The molecule has 24 heavy (non-hydrogen) atoms. The lowest BCUT2D eigenvalue weighted by Gasteiger charge is -2.18. The molecule has 3 saturated carbocycles. The molecule has 0 heterocycles. The second-order valence-electron chi connectivity index (χ2n) is 8.18. The zero-order valence-corrected chi connectivity index (χ0v) is 15.2. The predicted octanol–water partition coefficient (Wildman–Crippen LogP) is 0.751. The van der Waals surface area contributed by atoms with Crippen LogP contribution in [-0.4, -0.2) is 51.8 Å². The average Bonchev–Trinajstić information content (AvgIpc) is 3.32. The van der Waals surface area contributed by atoms with Crippen molar-refractivity contribution in [2.24, 2.45) is 17.2 Å². The highest BCUT2D eigenvalue weighted by Gasteiger charge is 2.29. The van der Waals surface area contributed by atoms with Crippen LogP contribution < -0.4 is 17.2 Å². The normalized spacial score (nSPS) is 26.2. The monoisotopic (exact) mass is 345 g/mol. The lowest BCUT2D eigenvalue weighted by molar-refractivity contribution is 0.199. The maximum Gasteiger partial charge on any atom is 0.0611 e. The SMILES string of the molecule is NC1(CO)CCCC1.NC1(CO)CCCC1.NC1(CO)CCCC1. The first-order valence-corrected chi connectivity index (χ1v) is 9.50. The van der Waals surface area contributed by atoms with Gasteiger partial charge in [0.25, 0.3) is 0 Å². The number of hydrogen-bond donors (Lipinski definition) is 6. The Hall–Kier alpha value is -0.240. The summed E-state index contributed by atoms with van der Waals surface area (Å²) in [6.45, 7) is 0.479. The summed E-state index contributed by atoms with van der Waals surface area (Å²) in [6, 6.07) is 0. The lowest BCUT2D eigenvalue weighted by Crippen LogP contribution is -2.40. The van der Waals surface area contributed by atoms with Gasteiger partial charge in [-0.25, -0.2) is 0 Å². The third-order valence-corrected chi connectivity index (χ3v) is 5.74. The molecule has 0 saturated heterocycles. The van der Waals surface area contributed by atoms with Crippen LogP contribution in [0.15, 0.2) is 0 Å². The molecule has 0 radical (unpaired) electrons. The van der Waals surface area contributed by atoms with Gasteiger partial charge in [0.05, 0.1) is 19.8 Å². The molecular formula is C18H39N3O3. The fourth-order valence-corrected chi connectivity index (χ4v) is 3.71. The summed E-state index contributed by atoms with van der Waals surface area (Å²) >= 11 is 0. The first-order chi connectivity index (χ1) is 11.3. The molecule has 3 rings (SSSR count). The highest BCUT2D eigenvalue weighted by atomic mass is 16.3. The Bertz CT molecular complexity index is 282. The summed E-state index contributed by atoms with van der Waals surface area (Å²) in [7, 11) is 0. The molecule has 3 aliphatic carbocycles. The van der Waals surface area contributed by atoms with Gasteiger partial charge in [0.2, 0.25) is 0 Å². The number of rotatable bonds is 3. The Labute approximate surface area is 146 Å². The summed E-state index contributed by atoms with van der Waals surface area (Å²) in [4.78, 5) is 0. The Morgan fingerprint density at radius 3 is 0.708 bits per heavy atom. The molecule has 6 nitrogen and oxygen atoms in total. The van der Waals surface area contributed by atoms with Gasteiger partial charge in [-0.3, -0.25) is 0 Å². The van der Waals surface area contributed by atoms with Gasteiger partial charge in [0.15, 0.2) is 0 Å². The van der Waals surface area contributed by atoms with E-state index in [1.165, 1.54) is 38.5 Å². The summed E-state index contributed by atoms with van der Waals surface area (Å²) in [5.74, 6) is 0. The van der Waals surface area contributed by atoms with Gasteiger partial charge in [-0.2, -0.15) is 0 Å². The van der Waals surface area contributed by atoms with Crippen molar-refractivity contribution in [2.75, 3.05) is 19.8 Å². The molecule has 3 fully saturated rings. The molecule has 0 unspecified atom stereocenters. The number of hydrogen-bond acceptors (Lipinski definition) is 6. The standard InChI is InChI=1S/3C6H13NO/c3*7-6(5-8)3-1-2-4-6/h3*8H,1-5,7H2. The number of nitrogens with two attached hydrogens (primary N) is 3. The summed E-state index contributed by atoms with van der Waals surface area (Å²) in [6.07, 6.45) is 13.2. The van der Waals surface area contributed by atoms with E-state index in [0.29, 0.717) is 0 Å². The van der Waals surface area contributed by atoms with Crippen molar-refractivity contribution < 1.29 is 15.3 Å². The second kappa shape index (κ2) is 10.0. The van der Waals surface area contributed by atoms with Crippen LogP contribution in [0.3, 0.4) is 0 Å². The largest absolute Gasteiger partial charge is 0.394 e. The van der Waals surface area contributed by atoms with Crippen LogP contribution in [0.4, 0.5) is 0 Å². The highest BCUT2D eigenvalue weighted by Crippen LogP contribution is 2.27. The molecule has 0 atom stereocenters. The molecule has 6 heteroatoms. The molecule has 3 aliphatic rings. The lowest BCUT2D eigenvalue weighted by atomic mass is 10.0. The zero-order chi connectivity index (χ0) is 18.1.